The van der Waals surface area contributed by atoms with Crippen LogP contribution >= 0.6 is 11.3 Å². The lowest BCUT2D eigenvalue weighted by Crippen LogP contribution is -2.20. The highest BCUT2D eigenvalue weighted by atomic mass is 32.1. The molecular formula is C11H21N3S. The second kappa shape index (κ2) is 6.08. The molecule has 1 heterocycles. The molecule has 0 aliphatic carbocycles. The fraction of sp³-hybridized carbons (Fsp3) is 0.727. The van der Waals surface area contributed by atoms with Crippen LogP contribution in [0.3, 0.4) is 0 Å². The number of hydrogen-bond donors (Lipinski definition) is 1. The Morgan fingerprint density at radius 2 is 2.27 bits per heavy atom. The first-order valence-corrected chi connectivity index (χ1v) is 6.35. The molecule has 0 saturated carbocycles. The largest absolute Gasteiger partial charge is 0.360 e. The van der Waals surface area contributed by atoms with Crippen molar-refractivity contribution in [3.8, 4) is 0 Å². The van der Waals surface area contributed by atoms with Gasteiger partial charge in [0, 0.05) is 18.5 Å². The number of aromatic nitrogens is 1. The molecule has 0 amide bonds. The van der Waals surface area contributed by atoms with E-state index in [2.05, 4.69) is 48.5 Å². The van der Waals surface area contributed by atoms with Crippen molar-refractivity contribution >= 4 is 16.5 Å². The molecule has 1 aromatic rings. The summed E-state index contributed by atoms with van der Waals surface area (Å²) in [5.41, 5.74) is 1.22. The second-order valence-electron chi connectivity index (χ2n) is 4.12. The van der Waals surface area contributed by atoms with E-state index in [-0.39, 0.29) is 0 Å². The molecule has 0 spiro atoms. The average molecular weight is 227 g/mol. The lowest BCUT2D eigenvalue weighted by Gasteiger charge is -2.09. The quantitative estimate of drug-likeness (QED) is 0.810. The molecular weight excluding hydrogens is 206 g/mol. The Morgan fingerprint density at radius 3 is 2.87 bits per heavy atom. The summed E-state index contributed by atoms with van der Waals surface area (Å²) in [4.78, 5) is 6.73. The van der Waals surface area contributed by atoms with Gasteiger partial charge in [-0.1, -0.05) is 13.8 Å². The molecule has 0 aliphatic rings. The number of nitrogens with zero attached hydrogens (tertiary/aromatic N) is 2. The topological polar surface area (TPSA) is 28.2 Å². The smallest absolute Gasteiger partial charge is 0.182 e. The molecule has 3 nitrogen and oxygen atoms in total. The van der Waals surface area contributed by atoms with Gasteiger partial charge in [-0.2, -0.15) is 0 Å². The third-order valence-corrected chi connectivity index (χ3v) is 3.29. The Kier molecular flexibility index (Phi) is 5.05. The van der Waals surface area contributed by atoms with Crippen LogP contribution in [0.15, 0.2) is 5.38 Å². The van der Waals surface area contributed by atoms with E-state index in [1.165, 1.54) is 5.69 Å². The van der Waals surface area contributed by atoms with Crippen molar-refractivity contribution in [1.82, 2.24) is 9.88 Å². The summed E-state index contributed by atoms with van der Waals surface area (Å²) in [6.45, 7) is 6.42. The van der Waals surface area contributed by atoms with E-state index in [4.69, 9.17) is 0 Å². The Bertz CT molecular complexity index is 283. The Morgan fingerprint density at radius 1 is 1.53 bits per heavy atom. The Hall–Kier alpha value is -0.610. The maximum Gasteiger partial charge on any atom is 0.182 e. The summed E-state index contributed by atoms with van der Waals surface area (Å²) in [6.07, 6.45) is 1.15. The summed E-state index contributed by atoms with van der Waals surface area (Å²) in [5, 5.41) is 6.55. The molecule has 86 valence electrons. The summed E-state index contributed by atoms with van der Waals surface area (Å²) in [6, 6.07) is 0. The Balaban J connectivity index is 2.39. The lowest BCUT2D eigenvalue weighted by atomic mass is 10.1. The van der Waals surface area contributed by atoms with Crippen LogP contribution in [0.5, 0.6) is 0 Å². The van der Waals surface area contributed by atoms with Crippen molar-refractivity contribution < 1.29 is 0 Å². The van der Waals surface area contributed by atoms with Gasteiger partial charge in [-0.3, -0.25) is 0 Å². The summed E-state index contributed by atoms with van der Waals surface area (Å²) < 4.78 is 0. The predicted molar refractivity (Wildman–Crippen MR) is 67.9 cm³/mol. The number of anilines is 1. The van der Waals surface area contributed by atoms with Gasteiger partial charge >= 0.3 is 0 Å². The standard InChI is InChI=1S/C11H21N3S/c1-5-9(2)10-8-15-11(13-10)12-6-7-14(3)4/h8-9H,5-7H2,1-4H3,(H,12,13). The molecule has 1 aromatic heterocycles. The first kappa shape index (κ1) is 12.5. The average Bonchev–Trinajstić information content (AvgIpc) is 2.65. The van der Waals surface area contributed by atoms with Gasteiger partial charge in [-0.05, 0) is 26.4 Å². The first-order valence-electron chi connectivity index (χ1n) is 5.47. The van der Waals surface area contributed by atoms with Crippen molar-refractivity contribution in [2.24, 2.45) is 0 Å². The lowest BCUT2D eigenvalue weighted by molar-refractivity contribution is 0.425. The predicted octanol–water partition coefficient (Wildman–Crippen LogP) is 2.63. The second-order valence-corrected chi connectivity index (χ2v) is 4.97. The van der Waals surface area contributed by atoms with Crippen LogP contribution in [0.1, 0.15) is 31.9 Å². The van der Waals surface area contributed by atoms with Gasteiger partial charge < -0.3 is 10.2 Å². The number of thiazole rings is 1. The minimum atomic E-state index is 0.575. The van der Waals surface area contributed by atoms with Crippen molar-refractivity contribution in [2.45, 2.75) is 26.2 Å². The summed E-state index contributed by atoms with van der Waals surface area (Å²) in [7, 11) is 4.15. The van der Waals surface area contributed by atoms with E-state index >= 15 is 0 Å². The maximum atomic E-state index is 4.57. The number of hydrogen-bond acceptors (Lipinski definition) is 4. The minimum absolute atomic E-state index is 0.575. The number of rotatable bonds is 6. The van der Waals surface area contributed by atoms with Gasteiger partial charge in [0.05, 0.1) is 5.69 Å². The van der Waals surface area contributed by atoms with Gasteiger partial charge in [0.2, 0.25) is 0 Å². The van der Waals surface area contributed by atoms with Crippen molar-refractivity contribution in [1.29, 1.82) is 0 Å². The third-order valence-electron chi connectivity index (χ3n) is 2.47. The van der Waals surface area contributed by atoms with Crippen LogP contribution in [0, 0.1) is 0 Å². The molecule has 0 aromatic carbocycles. The molecule has 1 rings (SSSR count). The molecule has 15 heavy (non-hydrogen) atoms. The summed E-state index contributed by atoms with van der Waals surface area (Å²) >= 11 is 1.70. The zero-order valence-electron chi connectivity index (χ0n) is 10.1. The van der Waals surface area contributed by atoms with Gasteiger partial charge in [0.15, 0.2) is 5.13 Å². The van der Waals surface area contributed by atoms with Crippen LogP contribution in [0.25, 0.3) is 0 Å². The number of nitrogens with one attached hydrogen (secondary N) is 1. The van der Waals surface area contributed by atoms with E-state index in [0.29, 0.717) is 5.92 Å². The fourth-order valence-electron chi connectivity index (χ4n) is 1.19. The van der Waals surface area contributed by atoms with E-state index in [1.807, 2.05) is 0 Å². The molecule has 0 aliphatic heterocycles. The highest BCUT2D eigenvalue weighted by Gasteiger charge is 2.07. The van der Waals surface area contributed by atoms with Crippen molar-refractivity contribution in [2.75, 3.05) is 32.5 Å². The molecule has 1 unspecified atom stereocenters. The monoisotopic (exact) mass is 227 g/mol. The van der Waals surface area contributed by atoms with E-state index in [1.54, 1.807) is 11.3 Å². The van der Waals surface area contributed by atoms with Gasteiger partial charge in [-0.15, -0.1) is 11.3 Å². The van der Waals surface area contributed by atoms with Crippen molar-refractivity contribution in [3.63, 3.8) is 0 Å². The molecule has 4 heteroatoms. The molecule has 0 saturated heterocycles. The van der Waals surface area contributed by atoms with Crippen LogP contribution in [0.4, 0.5) is 5.13 Å². The van der Waals surface area contributed by atoms with Gasteiger partial charge in [0.25, 0.3) is 0 Å². The molecule has 0 radical (unpaired) electrons. The normalized spacial score (nSPS) is 13.1. The Labute approximate surface area is 96.5 Å². The highest BCUT2D eigenvalue weighted by molar-refractivity contribution is 7.13. The fourth-order valence-corrected chi connectivity index (χ4v) is 2.05. The highest BCUT2D eigenvalue weighted by Crippen LogP contribution is 2.23. The van der Waals surface area contributed by atoms with E-state index in [9.17, 15) is 0 Å². The van der Waals surface area contributed by atoms with Gasteiger partial charge in [-0.25, -0.2) is 4.98 Å². The van der Waals surface area contributed by atoms with Crippen LogP contribution < -0.4 is 5.32 Å². The van der Waals surface area contributed by atoms with Crippen LogP contribution in [-0.2, 0) is 0 Å². The first-order chi connectivity index (χ1) is 7.13. The molecule has 0 bridgehead atoms. The zero-order valence-corrected chi connectivity index (χ0v) is 10.9. The SMILES string of the molecule is CCC(C)c1csc(NCCN(C)C)n1. The molecule has 0 fully saturated rings. The van der Waals surface area contributed by atoms with E-state index in [0.717, 1.165) is 24.6 Å². The number of likely N-dealkylation sites (N-methyl/N-ethyl adjacent to an activating group) is 1. The van der Waals surface area contributed by atoms with Crippen LogP contribution in [0.2, 0.25) is 0 Å². The third kappa shape index (κ3) is 4.18. The van der Waals surface area contributed by atoms with Gasteiger partial charge in [0.1, 0.15) is 0 Å². The maximum absolute atomic E-state index is 4.57. The minimum Gasteiger partial charge on any atom is -0.360 e. The zero-order chi connectivity index (χ0) is 11.3. The summed E-state index contributed by atoms with van der Waals surface area (Å²) in [5.74, 6) is 0.575. The van der Waals surface area contributed by atoms with Crippen LogP contribution in [-0.4, -0.2) is 37.1 Å². The molecule has 1 atom stereocenters. The van der Waals surface area contributed by atoms with Crippen molar-refractivity contribution in [3.05, 3.63) is 11.1 Å². The van der Waals surface area contributed by atoms with E-state index < -0.39 is 0 Å². The molecule has 1 N–H and O–H groups in total.